The van der Waals surface area contributed by atoms with Crippen LogP contribution in [0, 0.1) is 0 Å². The van der Waals surface area contributed by atoms with Crippen LogP contribution in [0.15, 0.2) is 12.3 Å². The number of nitrogens with zero attached hydrogens (tertiary/aromatic N) is 2. The Kier molecular flexibility index (Phi) is 5.51. The number of unbranched alkanes of at least 4 members (excludes halogenated alkanes) is 3. The van der Waals surface area contributed by atoms with Crippen LogP contribution in [0.25, 0.3) is 0 Å². The van der Waals surface area contributed by atoms with Crippen molar-refractivity contribution in [1.82, 2.24) is 9.97 Å². The fraction of sp³-hybridized carbons (Fsp3) is 0.636. The van der Waals surface area contributed by atoms with Crippen LogP contribution in [0.3, 0.4) is 0 Å². The number of nitrogens with one attached hydrogen (secondary N) is 1. The normalized spacial score (nSPS) is 10.0. The molecule has 15 heavy (non-hydrogen) atoms. The number of rotatable bonds is 7. The molecule has 0 amide bonds. The second-order valence-electron chi connectivity index (χ2n) is 3.38. The first-order valence-corrected chi connectivity index (χ1v) is 5.50. The van der Waals surface area contributed by atoms with Gasteiger partial charge in [-0.2, -0.15) is 4.98 Å². The lowest BCUT2D eigenvalue weighted by atomic mass is 10.2. The van der Waals surface area contributed by atoms with Gasteiger partial charge >= 0.3 is 0 Å². The molecular weight excluding hydrogens is 190 g/mol. The standard InChI is InChI=1S/C11H19N3O/c1-3-4-5-6-9-15-10-7-8-13-11(12-2)14-10/h7-8H,3-6,9H2,1-2H3,(H,12,13,14). The van der Waals surface area contributed by atoms with Crippen LogP contribution in [0.4, 0.5) is 5.95 Å². The molecule has 0 fully saturated rings. The first kappa shape index (κ1) is 11.8. The molecule has 0 saturated carbocycles. The minimum Gasteiger partial charge on any atom is -0.478 e. The van der Waals surface area contributed by atoms with Gasteiger partial charge in [-0.15, -0.1) is 0 Å². The van der Waals surface area contributed by atoms with Gasteiger partial charge in [0.05, 0.1) is 6.61 Å². The first-order valence-electron chi connectivity index (χ1n) is 5.50. The smallest absolute Gasteiger partial charge is 0.225 e. The second kappa shape index (κ2) is 7.04. The van der Waals surface area contributed by atoms with E-state index in [0.29, 0.717) is 11.8 Å². The van der Waals surface area contributed by atoms with Crippen LogP contribution in [-0.4, -0.2) is 23.6 Å². The lowest BCUT2D eigenvalue weighted by Crippen LogP contribution is -2.02. The average Bonchev–Trinajstić information content (AvgIpc) is 2.29. The van der Waals surface area contributed by atoms with Crippen molar-refractivity contribution < 1.29 is 4.74 Å². The molecule has 0 saturated heterocycles. The third-order valence-electron chi connectivity index (χ3n) is 2.10. The molecule has 1 aromatic rings. The largest absolute Gasteiger partial charge is 0.478 e. The van der Waals surface area contributed by atoms with E-state index in [9.17, 15) is 0 Å². The second-order valence-corrected chi connectivity index (χ2v) is 3.38. The minimum absolute atomic E-state index is 0.598. The molecule has 0 aliphatic carbocycles. The van der Waals surface area contributed by atoms with Crippen LogP contribution in [-0.2, 0) is 0 Å². The quantitative estimate of drug-likeness (QED) is 0.701. The van der Waals surface area contributed by atoms with Gasteiger partial charge in [-0.3, -0.25) is 0 Å². The zero-order valence-corrected chi connectivity index (χ0v) is 9.49. The summed E-state index contributed by atoms with van der Waals surface area (Å²) in [6.45, 7) is 2.94. The molecule has 4 nitrogen and oxygen atoms in total. The van der Waals surface area contributed by atoms with Gasteiger partial charge in [0, 0.05) is 19.3 Å². The van der Waals surface area contributed by atoms with Gasteiger partial charge in [0.2, 0.25) is 11.8 Å². The molecule has 0 spiro atoms. The lowest BCUT2D eigenvalue weighted by Gasteiger charge is -2.05. The van der Waals surface area contributed by atoms with Gasteiger partial charge in [0.25, 0.3) is 0 Å². The van der Waals surface area contributed by atoms with Crippen LogP contribution < -0.4 is 10.1 Å². The number of anilines is 1. The predicted octanol–water partition coefficient (Wildman–Crippen LogP) is 2.48. The molecule has 0 atom stereocenters. The molecule has 0 aliphatic heterocycles. The summed E-state index contributed by atoms with van der Waals surface area (Å²) >= 11 is 0. The topological polar surface area (TPSA) is 47.0 Å². The number of aromatic nitrogens is 2. The molecular formula is C11H19N3O. The van der Waals surface area contributed by atoms with E-state index in [2.05, 4.69) is 22.2 Å². The molecule has 1 heterocycles. The first-order chi connectivity index (χ1) is 7.36. The average molecular weight is 209 g/mol. The summed E-state index contributed by atoms with van der Waals surface area (Å²) in [6.07, 6.45) is 6.53. The maximum absolute atomic E-state index is 5.50. The fourth-order valence-electron chi connectivity index (χ4n) is 1.25. The van der Waals surface area contributed by atoms with Crippen molar-refractivity contribution in [1.29, 1.82) is 0 Å². The van der Waals surface area contributed by atoms with Crippen molar-refractivity contribution >= 4 is 5.95 Å². The Morgan fingerprint density at radius 1 is 1.33 bits per heavy atom. The predicted molar refractivity (Wildman–Crippen MR) is 61.2 cm³/mol. The molecule has 0 bridgehead atoms. The van der Waals surface area contributed by atoms with Crippen molar-refractivity contribution in [2.45, 2.75) is 32.6 Å². The van der Waals surface area contributed by atoms with E-state index in [4.69, 9.17) is 4.74 Å². The summed E-state index contributed by atoms with van der Waals surface area (Å²) in [7, 11) is 1.79. The molecule has 1 N–H and O–H groups in total. The summed E-state index contributed by atoms with van der Waals surface area (Å²) in [5.74, 6) is 1.24. The van der Waals surface area contributed by atoms with Crippen molar-refractivity contribution in [3.05, 3.63) is 12.3 Å². The SMILES string of the molecule is CCCCCCOc1ccnc(NC)n1. The Morgan fingerprint density at radius 3 is 2.93 bits per heavy atom. The van der Waals surface area contributed by atoms with E-state index in [-0.39, 0.29) is 0 Å². The van der Waals surface area contributed by atoms with E-state index in [1.165, 1.54) is 19.3 Å². The van der Waals surface area contributed by atoms with Crippen LogP contribution in [0.1, 0.15) is 32.6 Å². The van der Waals surface area contributed by atoms with E-state index < -0.39 is 0 Å². The molecule has 0 radical (unpaired) electrons. The van der Waals surface area contributed by atoms with Crippen molar-refractivity contribution in [3.8, 4) is 5.88 Å². The molecule has 0 aliphatic rings. The van der Waals surface area contributed by atoms with E-state index in [1.807, 2.05) is 0 Å². The molecule has 4 heteroatoms. The molecule has 0 aromatic carbocycles. The number of hydrogen-bond donors (Lipinski definition) is 1. The van der Waals surface area contributed by atoms with Gasteiger partial charge in [0.15, 0.2) is 0 Å². The summed E-state index contributed by atoms with van der Waals surface area (Å²) < 4.78 is 5.50. The van der Waals surface area contributed by atoms with Crippen molar-refractivity contribution in [3.63, 3.8) is 0 Å². The highest BCUT2D eigenvalue weighted by atomic mass is 16.5. The molecule has 0 unspecified atom stereocenters. The summed E-state index contributed by atoms with van der Waals surface area (Å²) in [6, 6.07) is 1.78. The van der Waals surface area contributed by atoms with Crippen LogP contribution in [0.2, 0.25) is 0 Å². The van der Waals surface area contributed by atoms with Gasteiger partial charge < -0.3 is 10.1 Å². The zero-order valence-electron chi connectivity index (χ0n) is 9.49. The van der Waals surface area contributed by atoms with Gasteiger partial charge in [-0.05, 0) is 6.42 Å². The summed E-state index contributed by atoms with van der Waals surface area (Å²) in [5.41, 5.74) is 0. The molecule has 1 aromatic heterocycles. The molecule has 84 valence electrons. The summed E-state index contributed by atoms with van der Waals surface area (Å²) in [4.78, 5) is 8.18. The van der Waals surface area contributed by atoms with Crippen molar-refractivity contribution in [2.24, 2.45) is 0 Å². The van der Waals surface area contributed by atoms with Crippen LogP contribution >= 0.6 is 0 Å². The lowest BCUT2D eigenvalue weighted by molar-refractivity contribution is 0.294. The van der Waals surface area contributed by atoms with E-state index in [0.717, 1.165) is 13.0 Å². The third-order valence-corrected chi connectivity index (χ3v) is 2.10. The Labute approximate surface area is 91.1 Å². The van der Waals surface area contributed by atoms with Crippen LogP contribution in [0.5, 0.6) is 5.88 Å². The maximum Gasteiger partial charge on any atom is 0.225 e. The monoisotopic (exact) mass is 209 g/mol. The zero-order chi connectivity index (χ0) is 10.9. The van der Waals surface area contributed by atoms with Gasteiger partial charge in [-0.1, -0.05) is 26.2 Å². The summed E-state index contributed by atoms with van der Waals surface area (Å²) in [5, 5.41) is 2.88. The fourth-order valence-corrected chi connectivity index (χ4v) is 1.25. The Morgan fingerprint density at radius 2 is 2.20 bits per heavy atom. The van der Waals surface area contributed by atoms with E-state index >= 15 is 0 Å². The Bertz CT molecular complexity index is 278. The Balaban J connectivity index is 2.24. The molecule has 1 rings (SSSR count). The van der Waals surface area contributed by atoms with E-state index in [1.54, 1.807) is 19.3 Å². The number of ether oxygens (including phenoxy) is 1. The van der Waals surface area contributed by atoms with Gasteiger partial charge in [-0.25, -0.2) is 4.98 Å². The maximum atomic E-state index is 5.50. The minimum atomic E-state index is 0.598. The third kappa shape index (κ3) is 4.63. The number of hydrogen-bond acceptors (Lipinski definition) is 4. The highest BCUT2D eigenvalue weighted by molar-refractivity contribution is 5.25. The Hall–Kier alpha value is -1.32. The van der Waals surface area contributed by atoms with Gasteiger partial charge in [0.1, 0.15) is 0 Å². The highest BCUT2D eigenvalue weighted by Gasteiger charge is 1.97. The highest BCUT2D eigenvalue weighted by Crippen LogP contribution is 2.08. The van der Waals surface area contributed by atoms with Crippen molar-refractivity contribution in [2.75, 3.05) is 19.0 Å².